The van der Waals surface area contributed by atoms with Crippen LogP contribution in [0.3, 0.4) is 0 Å². The van der Waals surface area contributed by atoms with E-state index in [0.29, 0.717) is 18.9 Å². The van der Waals surface area contributed by atoms with Crippen LogP contribution in [0.15, 0.2) is 60.7 Å². The number of carbonyl (C=O) groups is 2. The van der Waals surface area contributed by atoms with E-state index in [0.717, 1.165) is 30.4 Å². The van der Waals surface area contributed by atoms with E-state index in [1.807, 2.05) is 60.7 Å². The first-order valence-corrected chi connectivity index (χ1v) is 10.8. The van der Waals surface area contributed by atoms with Crippen molar-refractivity contribution in [2.45, 2.75) is 43.7 Å². The van der Waals surface area contributed by atoms with Crippen LogP contribution in [0.1, 0.15) is 42.7 Å². The zero-order valence-corrected chi connectivity index (χ0v) is 17.4. The van der Waals surface area contributed by atoms with Crippen molar-refractivity contribution in [3.63, 3.8) is 0 Å². The van der Waals surface area contributed by atoms with E-state index in [1.54, 1.807) is 7.11 Å². The summed E-state index contributed by atoms with van der Waals surface area (Å²) in [4.78, 5) is 25.5. The highest BCUT2D eigenvalue weighted by Gasteiger charge is 2.41. The zero-order chi connectivity index (χ0) is 20.9. The average molecular weight is 407 g/mol. The number of hydrogen-bond acceptors (Lipinski definition) is 3. The standard InChI is InChI=1S/C25H30N2O3/c1-30-16-19-14-23(28)27-22-15-20(12-13-21(19)22)26-25(29)24(17-8-4-2-5-9-17)18-10-6-3-7-11-18/h2-11,19-22,24H,12-16H2,1H3,(H,26,29)(H,27,28). The molecule has 2 fully saturated rings. The van der Waals surface area contributed by atoms with Gasteiger partial charge in [-0.25, -0.2) is 0 Å². The van der Waals surface area contributed by atoms with Gasteiger partial charge in [0.1, 0.15) is 0 Å². The van der Waals surface area contributed by atoms with Crippen molar-refractivity contribution in [1.82, 2.24) is 10.6 Å². The lowest BCUT2D eigenvalue weighted by molar-refractivity contribution is -0.128. The fourth-order valence-electron chi connectivity index (χ4n) is 5.18. The summed E-state index contributed by atoms with van der Waals surface area (Å²) in [6.45, 7) is 0.621. The Kier molecular flexibility index (Phi) is 6.48. The molecule has 2 N–H and O–H groups in total. The maximum Gasteiger partial charge on any atom is 0.232 e. The molecular weight excluding hydrogens is 376 g/mol. The molecule has 2 aliphatic rings. The number of piperidine rings is 1. The Hall–Kier alpha value is -2.66. The highest BCUT2D eigenvalue weighted by Crippen LogP contribution is 2.36. The molecule has 2 amide bonds. The smallest absolute Gasteiger partial charge is 0.232 e. The van der Waals surface area contributed by atoms with Gasteiger partial charge in [0.15, 0.2) is 0 Å². The topological polar surface area (TPSA) is 67.4 Å². The summed E-state index contributed by atoms with van der Waals surface area (Å²) in [5.41, 5.74) is 1.97. The van der Waals surface area contributed by atoms with Gasteiger partial charge in [-0.15, -0.1) is 0 Å². The monoisotopic (exact) mass is 406 g/mol. The molecule has 2 aromatic carbocycles. The number of fused-ring (bicyclic) bond motifs is 1. The summed E-state index contributed by atoms with van der Waals surface area (Å²) in [5, 5.41) is 6.45. The van der Waals surface area contributed by atoms with Crippen molar-refractivity contribution < 1.29 is 14.3 Å². The number of carbonyl (C=O) groups excluding carboxylic acids is 2. The van der Waals surface area contributed by atoms with Crippen LogP contribution in [0.5, 0.6) is 0 Å². The molecule has 5 nitrogen and oxygen atoms in total. The van der Waals surface area contributed by atoms with Crippen LogP contribution in [-0.4, -0.2) is 37.6 Å². The minimum Gasteiger partial charge on any atom is -0.384 e. The Morgan fingerprint density at radius 3 is 2.30 bits per heavy atom. The lowest BCUT2D eigenvalue weighted by Crippen LogP contribution is -2.56. The predicted octanol–water partition coefficient (Wildman–Crippen LogP) is 3.25. The van der Waals surface area contributed by atoms with Crippen LogP contribution >= 0.6 is 0 Å². The normalized spacial score (nSPS) is 26.0. The number of benzene rings is 2. The fraction of sp³-hybridized carbons (Fsp3) is 0.440. The van der Waals surface area contributed by atoms with Crippen molar-refractivity contribution in [3.05, 3.63) is 71.8 Å². The van der Waals surface area contributed by atoms with Crippen molar-refractivity contribution in [2.75, 3.05) is 13.7 Å². The Bertz CT molecular complexity index is 816. The maximum atomic E-state index is 13.4. The van der Waals surface area contributed by atoms with E-state index in [4.69, 9.17) is 4.74 Å². The van der Waals surface area contributed by atoms with E-state index >= 15 is 0 Å². The summed E-state index contributed by atoms with van der Waals surface area (Å²) in [5.74, 6) is 0.470. The first-order valence-electron chi connectivity index (χ1n) is 10.8. The SMILES string of the molecule is COCC1CC(=O)NC2CC(NC(=O)C(c3ccccc3)c3ccccc3)CCC12. The molecule has 30 heavy (non-hydrogen) atoms. The van der Waals surface area contributed by atoms with E-state index in [-0.39, 0.29) is 35.7 Å². The van der Waals surface area contributed by atoms with Crippen LogP contribution < -0.4 is 10.6 Å². The Labute approximate surface area is 178 Å². The Morgan fingerprint density at radius 2 is 1.70 bits per heavy atom. The summed E-state index contributed by atoms with van der Waals surface area (Å²) < 4.78 is 5.35. The lowest BCUT2D eigenvalue weighted by Gasteiger charge is -2.44. The van der Waals surface area contributed by atoms with Gasteiger partial charge < -0.3 is 15.4 Å². The molecule has 1 saturated heterocycles. The molecule has 1 aliphatic heterocycles. The van der Waals surface area contributed by atoms with Gasteiger partial charge in [-0.2, -0.15) is 0 Å². The number of nitrogens with one attached hydrogen (secondary N) is 2. The van der Waals surface area contributed by atoms with Crippen LogP contribution in [0.25, 0.3) is 0 Å². The van der Waals surface area contributed by atoms with E-state index in [9.17, 15) is 9.59 Å². The number of methoxy groups -OCH3 is 1. The van der Waals surface area contributed by atoms with Gasteiger partial charge >= 0.3 is 0 Å². The van der Waals surface area contributed by atoms with E-state index < -0.39 is 0 Å². The van der Waals surface area contributed by atoms with Crippen molar-refractivity contribution in [3.8, 4) is 0 Å². The van der Waals surface area contributed by atoms with Crippen molar-refractivity contribution >= 4 is 11.8 Å². The van der Waals surface area contributed by atoms with E-state index in [1.165, 1.54) is 0 Å². The summed E-state index contributed by atoms with van der Waals surface area (Å²) in [6, 6.07) is 20.0. The molecule has 0 spiro atoms. The molecule has 1 saturated carbocycles. The van der Waals surface area contributed by atoms with Gasteiger partial charge in [-0.3, -0.25) is 9.59 Å². The van der Waals surface area contributed by atoms with Crippen LogP contribution in [0.2, 0.25) is 0 Å². The molecule has 1 aliphatic carbocycles. The Balaban J connectivity index is 1.48. The molecule has 1 heterocycles. The number of amides is 2. The molecule has 4 atom stereocenters. The molecule has 158 valence electrons. The quantitative estimate of drug-likeness (QED) is 0.774. The van der Waals surface area contributed by atoms with Gasteiger partial charge in [-0.05, 0) is 42.2 Å². The molecule has 0 radical (unpaired) electrons. The predicted molar refractivity (Wildman–Crippen MR) is 116 cm³/mol. The fourth-order valence-corrected chi connectivity index (χ4v) is 5.18. The molecular formula is C25H30N2O3. The van der Waals surface area contributed by atoms with Gasteiger partial charge in [-0.1, -0.05) is 60.7 Å². The summed E-state index contributed by atoms with van der Waals surface area (Å²) in [6.07, 6.45) is 3.24. The molecule has 0 aromatic heterocycles. The highest BCUT2D eigenvalue weighted by molar-refractivity contribution is 5.87. The second kappa shape index (κ2) is 9.43. The largest absolute Gasteiger partial charge is 0.384 e. The van der Waals surface area contributed by atoms with Gasteiger partial charge in [0.05, 0.1) is 5.92 Å². The third-order valence-corrected chi connectivity index (χ3v) is 6.56. The second-order valence-corrected chi connectivity index (χ2v) is 8.53. The molecule has 0 bridgehead atoms. The first-order chi connectivity index (χ1) is 14.7. The first kappa shape index (κ1) is 20.6. The van der Waals surface area contributed by atoms with Crippen LogP contribution in [0, 0.1) is 11.8 Å². The zero-order valence-electron chi connectivity index (χ0n) is 17.4. The van der Waals surface area contributed by atoms with Gasteiger partial charge in [0.2, 0.25) is 11.8 Å². The third kappa shape index (κ3) is 4.57. The Morgan fingerprint density at radius 1 is 1.07 bits per heavy atom. The molecule has 4 unspecified atom stereocenters. The van der Waals surface area contributed by atoms with Crippen LogP contribution in [0.4, 0.5) is 0 Å². The van der Waals surface area contributed by atoms with Crippen molar-refractivity contribution in [2.24, 2.45) is 11.8 Å². The molecule has 4 rings (SSSR count). The van der Waals surface area contributed by atoms with E-state index in [2.05, 4.69) is 10.6 Å². The lowest BCUT2D eigenvalue weighted by atomic mass is 9.71. The third-order valence-electron chi connectivity index (χ3n) is 6.56. The van der Waals surface area contributed by atoms with Crippen molar-refractivity contribution in [1.29, 1.82) is 0 Å². The van der Waals surface area contributed by atoms with Crippen LogP contribution in [-0.2, 0) is 14.3 Å². The second-order valence-electron chi connectivity index (χ2n) is 8.53. The summed E-state index contributed by atoms with van der Waals surface area (Å²) in [7, 11) is 1.70. The van der Waals surface area contributed by atoms with Gasteiger partial charge in [0, 0.05) is 32.2 Å². The number of hydrogen-bond donors (Lipinski definition) is 2. The highest BCUT2D eigenvalue weighted by atomic mass is 16.5. The minimum absolute atomic E-state index is 0.0198. The average Bonchev–Trinajstić information content (AvgIpc) is 2.75. The maximum absolute atomic E-state index is 13.4. The molecule has 2 aromatic rings. The minimum atomic E-state index is -0.340. The number of rotatable bonds is 6. The van der Waals surface area contributed by atoms with Gasteiger partial charge in [0.25, 0.3) is 0 Å². The summed E-state index contributed by atoms with van der Waals surface area (Å²) >= 11 is 0. The molecule has 5 heteroatoms. The number of ether oxygens (including phenoxy) is 1.